The van der Waals surface area contributed by atoms with E-state index in [1.165, 1.54) is 11.6 Å². The molecule has 1 N–H and O–H groups in total. The third-order valence-corrected chi connectivity index (χ3v) is 2.17. The Morgan fingerprint density at radius 2 is 1.89 bits per heavy atom. The second-order valence-corrected chi connectivity index (χ2v) is 3.63. The molecule has 2 rings (SSSR count). The summed E-state index contributed by atoms with van der Waals surface area (Å²) in [7, 11) is 0. The van der Waals surface area contributed by atoms with Crippen LogP contribution in [0.15, 0.2) is 70.6 Å². The summed E-state index contributed by atoms with van der Waals surface area (Å²) in [6.07, 6.45) is 3.79. The van der Waals surface area contributed by atoms with Gasteiger partial charge in [-0.15, -0.1) is 6.58 Å². The average molecular weight is 258 g/mol. The van der Waals surface area contributed by atoms with E-state index in [0.717, 1.165) is 18.8 Å². The van der Waals surface area contributed by atoms with Crippen LogP contribution in [0.4, 0.5) is 0 Å². The minimum absolute atomic E-state index is 0.0281. The second kappa shape index (κ2) is 7.66. The first-order chi connectivity index (χ1) is 9.13. The van der Waals surface area contributed by atoms with Crippen LogP contribution >= 0.6 is 0 Å². The lowest BCUT2D eigenvalue weighted by Gasteiger charge is -1.91. The van der Waals surface area contributed by atoms with Crippen molar-refractivity contribution in [2.24, 2.45) is 0 Å². The Morgan fingerprint density at radius 3 is 2.37 bits per heavy atom. The van der Waals surface area contributed by atoms with Gasteiger partial charge in [-0.25, -0.2) is 9.59 Å². The van der Waals surface area contributed by atoms with Gasteiger partial charge in [-0.1, -0.05) is 36.4 Å². The molecule has 1 heterocycles. The number of carboxylic acid groups (broad SMARTS) is 1. The molecular weight excluding hydrogens is 244 g/mol. The maximum atomic E-state index is 10.3. The second-order valence-electron chi connectivity index (χ2n) is 3.63. The molecule has 1 aromatic carbocycles. The smallest absolute Gasteiger partial charge is 0.338 e. The van der Waals surface area contributed by atoms with Crippen LogP contribution in [0.25, 0.3) is 0 Å². The number of carboxylic acids is 1. The fourth-order valence-corrected chi connectivity index (χ4v) is 1.26. The highest BCUT2D eigenvalue weighted by Gasteiger charge is 2.00. The van der Waals surface area contributed by atoms with Crippen molar-refractivity contribution < 1.29 is 14.3 Å². The van der Waals surface area contributed by atoms with Gasteiger partial charge < -0.3 is 9.52 Å². The molecule has 0 bridgehead atoms. The van der Waals surface area contributed by atoms with Crippen LogP contribution in [-0.2, 0) is 6.42 Å². The van der Waals surface area contributed by atoms with Crippen molar-refractivity contribution in [3.05, 3.63) is 82.9 Å². The lowest BCUT2D eigenvalue weighted by molar-refractivity contribution is 0.0694. The molecular formula is C15H14O4. The predicted molar refractivity (Wildman–Crippen MR) is 72.3 cm³/mol. The standard InChI is InChI=1S/C9H10.C6H4O4/c1-2-6-9-7-4-3-5-8-9;7-5-2-1-4(3-10-5)6(8)9/h2-5,7-8H,1,6H2;1-3H,(H,8,9). The van der Waals surface area contributed by atoms with Crippen LogP contribution in [0.2, 0.25) is 0 Å². The summed E-state index contributed by atoms with van der Waals surface area (Å²) in [5.41, 5.74) is 0.747. The van der Waals surface area contributed by atoms with Crippen LogP contribution < -0.4 is 5.63 Å². The Bertz CT molecular complexity index is 564. The first-order valence-electron chi connectivity index (χ1n) is 5.60. The monoisotopic (exact) mass is 258 g/mol. The normalized spacial score (nSPS) is 9.05. The van der Waals surface area contributed by atoms with E-state index in [0.29, 0.717) is 0 Å². The van der Waals surface area contributed by atoms with E-state index >= 15 is 0 Å². The number of aromatic carboxylic acids is 1. The summed E-state index contributed by atoms with van der Waals surface area (Å²) in [5.74, 6) is -1.11. The summed E-state index contributed by atoms with van der Waals surface area (Å²) in [5, 5.41) is 8.31. The average Bonchev–Trinajstić information content (AvgIpc) is 2.41. The number of benzene rings is 1. The molecule has 4 nitrogen and oxygen atoms in total. The fourth-order valence-electron chi connectivity index (χ4n) is 1.26. The maximum Gasteiger partial charge on any atom is 0.338 e. The Balaban J connectivity index is 0.000000191. The van der Waals surface area contributed by atoms with Gasteiger partial charge in [0.15, 0.2) is 0 Å². The van der Waals surface area contributed by atoms with Crippen molar-refractivity contribution in [3.8, 4) is 0 Å². The molecule has 0 aliphatic carbocycles. The first-order valence-corrected chi connectivity index (χ1v) is 5.60. The van der Waals surface area contributed by atoms with Crippen molar-refractivity contribution in [1.29, 1.82) is 0 Å². The summed E-state index contributed by atoms with van der Waals surface area (Å²) < 4.78 is 4.28. The number of hydrogen-bond acceptors (Lipinski definition) is 3. The van der Waals surface area contributed by atoms with Gasteiger partial charge >= 0.3 is 11.6 Å². The van der Waals surface area contributed by atoms with E-state index in [4.69, 9.17) is 5.11 Å². The Hall–Kier alpha value is -2.62. The molecule has 0 fully saturated rings. The molecule has 98 valence electrons. The van der Waals surface area contributed by atoms with Gasteiger partial charge in [0.1, 0.15) is 6.26 Å². The minimum Gasteiger partial charge on any atom is -0.478 e. The van der Waals surface area contributed by atoms with E-state index in [-0.39, 0.29) is 5.56 Å². The van der Waals surface area contributed by atoms with Crippen LogP contribution in [0, 0.1) is 0 Å². The summed E-state index contributed by atoms with van der Waals surface area (Å²) >= 11 is 0. The molecule has 0 saturated carbocycles. The summed E-state index contributed by atoms with van der Waals surface area (Å²) in [6, 6.07) is 12.5. The first kappa shape index (κ1) is 14.4. The van der Waals surface area contributed by atoms with E-state index in [2.05, 4.69) is 23.1 Å². The maximum absolute atomic E-state index is 10.3. The molecule has 0 saturated heterocycles. The van der Waals surface area contributed by atoms with E-state index in [1.54, 1.807) is 0 Å². The molecule has 0 unspecified atom stereocenters. The molecule has 0 atom stereocenters. The quantitative estimate of drug-likeness (QED) is 0.859. The summed E-state index contributed by atoms with van der Waals surface area (Å²) in [6.45, 7) is 3.66. The molecule has 0 amide bonds. The molecule has 1 aromatic heterocycles. The Labute approximate surface area is 110 Å². The zero-order chi connectivity index (χ0) is 14.1. The van der Waals surface area contributed by atoms with Gasteiger partial charge in [0, 0.05) is 6.07 Å². The molecule has 0 spiro atoms. The lowest BCUT2D eigenvalue weighted by Crippen LogP contribution is -2.00. The molecule has 0 aliphatic heterocycles. The zero-order valence-corrected chi connectivity index (χ0v) is 10.3. The number of allylic oxidation sites excluding steroid dienone is 1. The van der Waals surface area contributed by atoms with E-state index < -0.39 is 11.6 Å². The van der Waals surface area contributed by atoms with Crippen LogP contribution in [0.5, 0.6) is 0 Å². The van der Waals surface area contributed by atoms with Crippen molar-refractivity contribution in [1.82, 2.24) is 0 Å². The highest BCUT2D eigenvalue weighted by Crippen LogP contribution is 1.98. The van der Waals surface area contributed by atoms with Gasteiger partial charge in [0.2, 0.25) is 0 Å². The van der Waals surface area contributed by atoms with Gasteiger partial charge in [0.05, 0.1) is 5.56 Å². The highest BCUT2D eigenvalue weighted by molar-refractivity contribution is 5.86. The molecule has 0 radical (unpaired) electrons. The van der Waals surface area contributed by atoms with Crippen LogP contribution in [-0.4, -0.2) is 11.1 Å². The summed E-state index contributed by atoms with van der Waals surface area (Å²) in [4.78, 5) is 20.4. The Kier molecular flexibility index (Phi) is 5.82. The van der Waals surface area contributed by atoms with Gasteiger partial charge in [-0.3, -0.25) is 0 Å². The molecule has 4 heteroatoms. The topological polar surface area (TPSA) is 67.5 Å². The third kappa shape index (κ3) is 5.50. The van der Waals surface area contributed by atoms with Crippen LogP contribution in [0.3, 0.4) is 0 Å². The minimum atomic E-state index is -1.11. The van der Waals surface area contributed by atoms with E-state index in [1.807, 2.05) is 24.3 Å². The van der Waals surface area contributed by atoms with Crippen molar-refractivity contribution >= 4 is 5.97 Å². The van der Waals surface area contributed by atoms with Crippen molar-refractivity contribution in [2.75, 3.05) is 0 Å². The lowest BCUT2D eigenvalue weighted by atomic mass is 10.2. The number of carbonyl (C=O) groups is 1. The van der Waals surface area contributed by atoms with Crippen molar-refractivity contribution in [2.45, 2.75) is 6.42 Å². The van der Waals surface area contributed by atoms with E-state index in [9.17, 15) is 9.59 Å². The van der Waals surface area contributed by atoms with Gasteiger partial charge in [-0.05, 0) is 18.1 Å². The predicted octanol–water partition coefficient (Wildman–Crippen LogP) is 2.75. The molecule has 2 aromatic rings. The SMILES string of the molecule is C=CCc1ccccc1.O=C(O)c1ccc(=O)oc1. The van der Waals surface area contributed by atoms with Gasteiger partial charge in [-0.2, -0.15) is 0 Å². The van der Waals surface area contributed by atoms with Crippen LogP contribution in [0.1, 0.15) is 15.9 Å². The number of rotatable bonds is 3. The van der Waals surface area contributed by atoms with Crippen molar-refractivity contribution in [3.63, 3.8) is 0 Å². The number of hydrogen-bond donors (Lipinski definition) is 1. The molecule has 0 aliphatic rings. The van der Waals surface area contributed by atoms with Gasteiger partial charge in [0.25, 0.3) is 0 Å². The molecule has 19 heavy (non-hydrogen) atoms. The highest BCUT2D eigenvalue weighted by atomic mass is 16.4. The Morgan fingerprint density at radius 1 is 1.21 bits per heavy atom. The largest absolute Gasteiger partial charge is 0.478 e. The fraction of sp³-hybridized carbons (Fsp3) is 0.0667. The zero-order valence-electron chi connectivity index (χ0n) is 10.3. The third-order valence-electron chi connectivity index (χ3n) is 2.17.